The second-order valence-corrected chi connectivity index (χ2v) is 9.92. The first-order valence-electron chi connectivity index (χ1n) is 9.81. The van der Waals surface area contributed by atoms with Gasteiger partial charge in [-0.2, -0.15) is 0 Å². The van der Waals surface area contributed by atoms with Crippen molar-refractivity contribution >= 4 is 39.2 Å². The van der Waals surface area contributed by atoms with E-state index < -0.39 is 28.0 Å². The summed E-state index contributed by atoms with van der Waals surface area (Å²) >= 11 is 6.08. The smallest absolute Gasteiger partial charge is 0.340 e. The second-order valence-electron chi connectivity index (χ2n) is 7.36. The van der Waals surface area contributed by atoms with Gasteiger partial charge >= 0.3 is 5.97 Å². The first-order chi connectivity index (χ1) is 14.5. The van der Waals surface area contributed by atoms with Crippen LogP contribution in [0.4, 0.5) is 5.69 Å². The first kappa shape index (κ1) is 24.8. The van der Waals surface area contributed by atoms with Crippen molar-refractivity contribution < 1.29 is 22.7 Å². The molecule has 1 N–H and O–H groups in total. The monoisotopic (exact) mass is 466 g/mol. The van der Waals surface area contributed by atoms with E-state index in [1.165, 1.54) is 33.2 Å². The van der Waals surface area contributed by atoms with Crippen molar-refractivity contribution in [3.05, 3.63) is 58.6 Å². The van der Waals surface area contributed by atoms with Gasteiger partial charge in [0.05, 0.1) is 15.5 Å². The van der Waals surface area contributed by atoms with Crippen molar-refractivity contribution in [1.82, 2.24) is 4.31 Å². The SMILES string of the molecule is CCC(C)c1ccccc1NC(=O)C(C)OC(=O)c1cc(S(=O)(=O)N(C)C)ccc1Cl. The molecule has 7 nitrogen and oxygen atoms in total. The van der Waals surface area contributed by atoms with Crippen LogP contribution in [0.1, 0.15) is 49.0 Å². The van der Waals surface area contributed by atoms with Crippen molar-refractivity contribution in [2.75, 3.05) is 19.4 Å². The number of hydrogen-bond donors (Lipinski definition) is 1. The van der Waals surface area contributed by atoms with Crippen LogP contribution in [0.25, 0.3) is 0 Å². The summed E-state index contributed by atoms with van der Waals surface area (Å²) in [5, 5.41) is 2.82. The Bertz CT molecular complexity index is 1070. The minimum Gasteiger partial charge on any atom is -0.449 e. The molecule has 0 aliphatic rings. The molecule has 168 valence electrons. The van der Waals surface area contributed by atoms with Gasteiger partial charge in [-0.15, -0.1) is 0 Å². The molecule has 0 aromatic heterocycles. The average molecular weight is 467 g/mol. The normalized spacial score (nSPS) is 13.5. The number of carbonyl (C=O) groups excluding carboxylic acids is 2. The minimum atomic E-state index is -3.76. The summed E-state index contributed by atoms with van der Waals surface area (Å²) in [4.78, 5) is 25.1. The lowest BCUT2D eigenvalue weighted by atomic mass is 9.97. The van der Waals surface area contributed by atoms with Gasteiger partial charge in [-0.1, -0.05) is 43.6 Å². The van der Waals surface area contributed by atoms with Gasteiger partial charge in [0, 0.05) is 19.8 Å². The van der Waals surface area contributed by atoms with Crippen molar-refractivity contribution in [2.45, 2.75) is 44.1 Å². The maximum Gasteiger partial charge on any atom is 0.340 e. The van der Waals surface area contributed by atoms with Gasteiger partial charge in [0.2, 0.25) is 10.0 Å². The molecular weight excluding hydrogens is 440 g/mol. The highest BCUT2D eigenvalue weighted by molar-refractivity contribution is 7.89. The number of amides is 1. The summed E-state index contributed by atoms with van der Waals surface area (Å²) < 4.78 is 30.9. The van der Waals surface area contributed by atoms with Gasteiger partial charge < -0.3 is 10.1 Å². The lowest BCUT2D eigenvalue weighted by molar-refractivity contribution is -0.123. The number of hydrogen-bond acceptors (Lipinski definition) is 5. The van der Waals surface area contributed by atoms with E-state index in [0.717, 1.165) is 22.4 Å². The Hall–Kier alpha value is -2.42. The number of sulfonamides is 1. The Morgan fingerprint density at radius 3 is 2.39 bits per heavy atom. The Kier molecular flexibility index (Phi) is 8.22. The third kappa shape index (κ3) is 5.84. The molecule has 2 aromatic rings. The van der Waals surface area contributed by atoms with Crippen molar-refractivity contribution in [1.29, 1.82) is 0 Å². The van der Waals surface area contributed by atoms with Crippen LogP contribution >= 0.6 is 11.6 Å². The summed E-state index contributed by atoms with van der Waals surface area (Å²) in [6.45, 7) is 5.56. The third-order valence-corrected chi connectivity index (χ3v) is 7.09. The van der Waals surface area contributed by atoms with E-state index in [1.807, 2.05) is 18.2 Å². The van der Waals surface area contributed by atoms with Crippen LogP contribution in [0.5, 0.6) is 0 Å². The molecule has 0 spiro atoms. The van der Waals surface area contributed by atoms with E-state index in [0.29, 0.717) is 5.69 Å². The highest BCUT2D eigenvalue weighted by Gasteiger charge is 2.25. The minimum absolute atomic E-state index is 0.0254. The summed E-state index contributed by atoms with van der Waals surface area (Å²) in [5.74, 6) is -1.15. The number of nitrogens with zero attached hydrogens (tertiary/aromatic N) is 1. The number of carbonyl (C=O) groups is 2. The second kappa shape index (κ2) is 10.3. The van der Waals surface area contributed by atoms with Gasteiger partial charge in [0.1, 0.15) is 0 Å². The number of benzene rings is 2. The summed E-state index contributed by atoms with van der Waals surface area (Å²) in [6, 6.07) is 11.2. The van der Waals surface area contributed by atoms with Gasteiger partial charge in [-0.3, -0.25) is 4.79 Å². The molecule has 0 aliphatic carbocycles. The van der Waals surface area contributed by atoms with Crippen molar-refractivity contribution in [2.24, 2.45) is 0 Å². The summed E-state index contributed by atoms with van der Waals surface area (Å²) in [7, 11) is -1.00. The average Bonchev–Trinajstić information content (AvgIpc) is 2.73. The maximum atomic E-state index is 12.6. The highest BCUT2D eigenvalue weighted by atomic mass is 35.5. The first-order valence-corrected chi connectivity index (χ1v) is 11.6. The molecule has 0 radical (unpaired) electrons. The van der Waals surface area contributed by atoms with Crippen LogP contribution in [-0.2, 0) is 19.6 Å². The molecule has 2 unspecified atom stereocenters. The molecule has 0 fully saturated rings. The number of anilines is 1. The fraction of sp³-hybridized carbons (Fsp3) is 0.364. The molecule has 9 heteroatoms. The number of para-hydroxylation sites is 1. The molecule has 31 heavy (non-hydrogen) atoms. The number of rotatable bonds is 8. The van der Waals surface area contributed by atoms with Gasteiger partial charge in [-0.05, 0) is 49.1 Å². The van der Waals surface area contributed by atoms with Crippen LogP contribution in [0.3, 0.4) is 0 Å². The molecule has 1 amide bonds. The number of esters is 1. The van der Waals surface area contributed by atoms with E-state index in [1.54, 1.807) is 6.07 Å². The zero-order valence-electron chi connectivity index (χ0n) is 18.2. The highest BCUT2D eigenvalue weighted by Crippen LogP contribution is 2.27. The third-order valence-electron chi connectivity index (χ3n) is 4.95. The summed E-state index contributed by atoms with van der Waals surface area (Å²) in [6.07, 6.45) is -0.218. The molecule has 0 saturated heterocycles. The lowest BCUT2D eigenvalue weighted by Crippen LogP contribution is -2.30. The number of halogens is 1. The van der Waals surface area contributed by atoms with E-state index in [-0.39, 0.29) is 21.4 Å². The quantitative estimate of drug-likeness (QED) is 0.586. The van der Waals surface area contributed by atoms with Crippen molar-refractivity contribution in [3.63, 3.8) is 0 Å². The van der Waals surface area contributed by atoms with Crippen LogP contribution < -0.4 is 5.32 Å². The maximum absolute atomic E-state index is 12.6. The van der Waals surface area contributed by atoms with E-state index in [4.69, 9.17) is 16.3 Å². The van der Waals surface area contributed by atoms with Crippen molar-refractivity contribution in [3.8, 4) is 0 Å². The Labute approximate surface area is 188 Å². The molecule has 0 bridgehead atoms. The Balaban J connectivity index is 2.19. The van der Waals surface area contributed by atoms with Crippen LogP contribution in [0.2, 0.25) is 5.02 Å². The fourth-order valence-corrected chi connectivity index (χ4v) is 3.93. The molecular formula is C22H27ClN2O5S. The Morgan fingerprint density at radius 1 is 1.13 bits per heavy atom. The van der Waals surface area contributed by atoms with Crippen LogP contribution in [-0.4, -0.2) is 44.8 Å². The lowest BCUT2D eigenvalue weighted by Gasteiger charge is -2.18. The molecule has 2 rings (SSSR count). The van der Waals surface area contributed by atoms with Gasteiger partial charge in [0.25, 0.3) is 5.91 Å². The van der Waals surface area contributed by atoms with E-state index >= 15 is 0 Å². The topological polar surface area (TPSA) is 92.8 Å². The number of ether oxygens (including phenoxy) is 1. The van der Waals surface area contributed by atoms with E-state index in [2.05, 4.69) is 19.2 Å². The van der Waals surface area contributed by atoms with E-state index in [9.17, 15) is 18.0 Å². The zero-order chi connectivity index (χ0) is 23.3. The molecule has 0 aliphatic heterocycles. The standard InChI is InChI=1S/C22H27ClN2O5S/c1-6-14(2)17-9-7-8-10-20(17)24-21(26)15(3)30-22(27)18-13-16(11-12-19(18)23)31(28,29)25(4)5/h7-15H,6H2,1-5H3,(H,24,26). The largest absolute Gasteiger partial charge is 0.449 e. The molecule has 0 heterocycles. The zero-order valence-corrected chi connectivity index (χ0v) is 19.8. The van der Waals surface area contributed by atoms with Crippen LogP contribution in [0, 0.1) is 0 Å². The predicted molar refractivity (Wildman–Crippen MR) is 121 cm³/mol. The molecule has 2 atom stereocenters. The van der Waals surface area contributed by atoms with Gasteiger partial charge in [0.15, 0.2) is 6.10 Å². The van der Waals surface area contributed by atoms with Crippen LogP contribution in [0.15, 0.2) is 47.4 Å². The predicted octanol–water partition coefficient (Wildman–Crippen LogP) is 4.29. The number of nitrogens with one attached hydrogen (secondary N) is 1. The Morgan fingerprint density at radius 2 is 1.77 bits per heavy atom. The van der Waals surface area contributed by atoms with Gasteiger partial charge in [-0.25, -0.2) is 17.5 Å². The molecule has 0 saturated carbocycles. The molecule has 2 aromatic carbocycles. The summed E-state index contributed by atoms with van der Waals surface area (Å²) in [5.41, 5.74) is 1.51. The fourth-order valence-electron chi connectivity index (χ4n) is 2.80.